The summed E-state index contributed by atoms with van der Waals surface area (Å²) in [7, 11) is 0. The smallest absolute Gasteiger partial charge is 0.304 e. The van der Waals surface area contributed by atoms with Crippen LogP contribution in [0.1, 0.15) is 32.3 Å². The third kappa shape index (κ3) is 5.00. The molecule has 1 aromatic rings. The van der Waals surface area contributed by atoms with Crippen LogP contribution in [-0.4, -0.2) is 17.1 Å². The van der Waals surface area contributed by atoms with E-state index in [0.29, 0.717) is 5.92 Å². The van der Waals surface area contributed by atoms with Crippen LogP contribution < -0.4 is 5.32 Å². The summed E-state index contributed by atoms with van der Waals surface area (Å²) in [6.45, 7) is 4.90. The van der Waals surface area contributed by atoms with E-state index in [2.05, 4.69) is 19.2 Å². The predicted octanol–water partition coefficient (Wildman–Crippen LogP) is 2.67. The van der Waals surface area contributed by atoms with E-state index in [1.165, 1.54) is 5.56 Å². The van der Waals surface area contributed by atoms with E-state index in [1.54, 1.807) is 0 Å². The number of benzene rings is 1. The first-order valence-electron chi connectivity index (χ1n) is 6.12. The van der Waals surface area contributed by atoms with Gasteiger partial charge in [0.2, 0.25) is 0 Å². The number of carboxylic acid groups (broad SMARTS) is 1. The molecule has 0 spiro atoms. The summed E-state index contributed by atoms with van der Waals surface area (Å²) < 4.78 is 0. The molecule has 3 heteroatoms. The number of rotatable bonds is 7. The molecule has 0 heterocycles. The third-order valence-corrected chi connectivity index (χ3v) is 3.14. The highest BCUT2D eigenvalue weighted by atomic mass is 16.4. The molecule has 0 saturated carbocycles. The molecule has 0 aliphatic heterocycles. The van der Waals surface area contributed by atoms with Crippen LogP contribution in [0.15, 0.2) is 30.3 Å². The van der Waals surface area contributed by atoms with E-state index in [9.17, 15) is 4.79 Å². The van der Waals surface area contributed by atoms with Gasteiger partial charge in [0.25, 0.3) is 0 Å². The zero-order valence-corrected chi connectivity index (χ0v) is 10.5. The Morgan fingerprint density at radius 3 is 2.53 bits per heavy atom. The molecule has 0 fully saturated rings. The molecular weight excluding hydrogens is 214 g/mol. The lowest BCUT2D eigenvalue weighted by atomic mass is 9.96. The summed E-state index contributed by atoms with van der Waals surface area (Å²) in [6, 6.07) is 10.1. The van der Waals surface area contributed by atoms with Crippen molar-refractivity contribution in [3.63, 3.8) is 0 Å². The zero-order valence-electron chi connectivity index (χ0n) is 10.5. The van der Waals surface area contributed by atoms with Gasteiger partial charge in [-0.05, 0) is 11.5 Å². The Labute approximate surface area is 103 Å². The molecule has 0 aromatic heterocycles. The van der Waals surface area contributed by atoms with Gasteiger partial charge in [-0.1, -0.05) is 50.6 Å². The number of hydrogen-bond acceptors (Lipinski definition) is 2. The van der Waals surface area contributed by atoms with Crippen molar-refractivity contribution in [2.45, 2.75) is 39.3 Å². The van der Waals surface area contributed by atoms with Gasteiger partial charge in [-0.2, -0.15) is 0 Å². The van der Waals surface area contributed by atoms with E-state index >= 15 is 0 Å². The van der Waals surface area contributed by atoms with Crippen molar-refractivity contribution in [2.75, 3.05) is 0 Å². The minimum absolute atomic E-state index is 0.0395. The van der Waals surface area contributed by atoms with Gasteiger partial charge in [0, 0.05) is 12.6 Å². The Morgan fingerprint density at radius 1 is 1.35 bits per heavy atom. The van der Waals surface area contributed by atoms with Crippen molar-refractivity contribution in [2.24, 2.45) is 5.92 Å². The summed E-state index contributed by atoms with van der Waals surface area (Å²) in [5, 5.41) is 12.2. The predicted molar refractivity (Wildman–Crippen MR) is 68.8 cm³/mol. The van der Waals surface area contributed by atoms with Gasteiger partial charge >= 0.3 is 5.97 Å². The molecular formula is C14H21NO2. The molecule has 0 amide bonds. The van der Waals surface area contributed by atoms with Crippen molar-refractivity contribution in [1.82, 2.24) is 5.32 Å². The Balaban J connectivity index is 2.51. The van der Waals surface area contributed by atoms with Crippen LogP contribution in [0.5, 0.6) is 0 Å². The van der Waals surface area contributed by atoms with E-state index in [1.807, 2.05) is 30.3 Å². The first-order valence-corrected chi connectivity index (χ1v) is 6.12. The summed E-state index contributed by atoms with van der Waals surface area (Å²) in [5.74, 6) is -0.370. The molecule has 2 unspecified atom stereocenters. The van der Waals surface area contributed by atoms with Crippen LogP contribution in [-0.2, 0) is 11.3 Å². The lowest BCUT2D eigenvalue weighted by molar-refractivity contribution is -0.137. The van der Waals surface area contributed by atoms with Crippen LogP contribution in [0.4, 0.5) is 0 Å². The minimum atomic E-state index is -0.740. The highest BCUT2D eigenvalue weighted by Crippen LogP contribution is 2.12. The van der Waals surface area contributed by atoms with Crippen LogP contribution in [0.25, 0.3) is 0 Å². The van der Waals surface area contributed by atoms with Gasteiger partial charge in [-0.15, -0.1) is 0 Å². The topological polar surface area (TPSA) is 49.3 Å². The average Bonchev–Trinajstić information content (AvgIpc) is 2.34. The van der Waals surface area contributed by atoms with Gasteiger partial charge < -0.3 is 10.4 Å². The van der Waals surface area contributed by atoms with E-state index in [-0.39, 0.29) is 12.5 Å². The first-order chi connectivity index (χ1) is 8.13. The molecule has 0 bridgehead atoms. The lowest BCUT2D eigenvalue weighted by Gasteiger charge is -2.22. The molecule has 1 rings (SSSR count). The summed E-state index contributed by atoms with van der Waals surface area (Å²) in [6.07, 6.45) is 1.17. The van der Waals surface area contributed by atoms with Crippen molar-refractivity contribution < 1.29 is 9.90 Å². The first kappa shape index (κ1) is 13.7. The summed E-state index contributed by atoms with van der Waals surface area (Å²) in [4.78, 5) is 10.8. The average molecular weight is 235 g/mol. The molecule has 0 aliphatic rings. The summed E-state index contributed by atoms with van der Waals surface area (Å²) >= 11 is 0. The number of nitrogens with one attached hydrogen (secondary N) is 1. The largest absolute Gasteiger partial charge is 0.481 e. The van der Waals surface area contributed by atoms with Crippen LogP contribution in [0.2, 0.25) is 0 Å². The normalized spacial score (nSPS) is 14.2. The second kappa shape index (κ2) is 7.07. The monoisotopic (exact) mass is 235 g/mol. The third-order valence-electron chi connectivity index (χ3n) is 3.14. The van der Waals surface area contributed by atoms with Gasteiger partial charge in [-0.3, -0.25) is 4.79 Å². The van der Waals surface area contributed by atoms with Gasteiger partial charge in [-0.25, -0.2) is 0 Å². The lowest BCUT2D eigenvalue weighted by Crippen LogP contribution is -2.36. The fourth-order valence-corrected chi connectivity index (χ4v) is 1.79. The van der Waals surface area contributed by atoms with Crippen LogP contribution >= 0.6 is 0 Å². The zero-order chi connectivity index (χ0) is 12.7. The van der Waals surface area contributed by atoms with Gasteiger partial charge in [0.1, 0.15) is 0 Å². The van der Waals surface area contributed by atoms with Gasteiger partial charge in [0.15, 0.2) is 0 Å². The maximum Gasteiger partial charge on any atom is 0.304 e. The van der Waals surface area contributed by atoms with Gasteiger partial charge in [0.05, 0.1) is 6.42 Å². The fourth-order valence-electron chi connectivity index (χ4n) is 1.79. The number of aliphatic carboxylic acids is 1. The molecule has 0 radical (unpaired) electrons. The van der Waals surface area contributed by atoms with E-state index in [0.717, 1.165) is 13.0 Å². The highest BCUT2D eigenvalue weighted by Gasteiger charge is 2.18. The maximum atomic E-state index is 10.8. The Morgan fingerprint density at radius 2 is 2.00 bits per heavy atom. The second-order valence-corrected chi connectivity index (χ2v) is 4.46. The summed E-state index contributed by atoms with van der Waals surface area (Å²) in [5.41, 5.74) is 1.19. The minimum Gasteiger partial charge on any atom is -0.481 e. The molecule has 1 aromatic carbocycles. The fraction of sp³-hybridized carbons (Fsp3) is 0.500. The number of carboxylic acids is 1. The van der Waals surface area contributed by atoms with Crippen molar-refractivity contribution in [1.29, 1.82) is 0 Å². The van der Waals surface area contributed by atoms with Crippen molar-refractivity contribution in [3.8, 4) is 0 Å². The van der Waals surface area contributed by atoms with Crippen molar-refractivity contribution in [3.05, 3.63) is 35.9 Å². The highest BCUT2D eigenvalue weighted by molar-refractivity contribution is 5.67. The second-order valence-electron chi connectivity index (χ2n) is 4.46. The molecule has 3 nitrogen and oxygen atoms in total. The molecule has 0 aliphatic carbocycles. The molecule has 17 heavy (non-hydrogen) atoms. The van der Waals surface area contributed by atoms with E-state index < -0.39 is 5.97 Å². The molecule has 0 saturated heterocycles. The standard InChI is InChI=1S/C14H21NO2/c1-3-11(2)13(9-14(16)17)15-10-12-7-5-4-6-8-12/h4-8,11,13,15H,3,9-10H2,1-2H3,(H,16,17). The maximum absolute atomic E-state index is 10.8. The van der Waals surface area contributed by atoms with Crippen LogP contribution in [0.3, 0.4) is 0 Å². The molecule has 2 atom stereocenters. The Bertz CT molecular complexity index is 337. The number of hydrogen-bond donors (Lipinski definition) is 2. The Hall–Kier alpha value is -1.35. The molecule has 94 valence electrons. The van der Waals surface area contributed by atoms with E-state index in [4.69, 9.17) is 5.11 Å². The quantitative estimate of drug-likeness (QED) is 0.764. The van der Waals surface area contributed by atoms with Crippen LogP contribution in [0, 0.1) is 5.92 Å². The number of carbonyl (C=O) groups is 1. The Kier molecular flexibility index (Phi) is 5.70. The molecule has 2 N–H and O–H groups in total. The van der Waals surface area contributed by atoms with Crippen molar-refractivity contribution >= 4 is 5.97 Å². The SMILES string of the molecule is CCC(C)C(CC(=O)O)NCc1ccccc1.